The molecule has 0 saturated carbocycles. The third-order valence-electron chi connectivity index (χ3n) is 2.99. The predicted molar refractivity (Wildman–Crippen MR) is 82.2 cm³/mol. The highest BCUT2D eigenvalue weighted by atomic mass is 19.1. The maximum Gasteiger partial charge on any atom is 0.238 e. The van der Waals surface area contributed by atoms with Gasteiger partial charge in [-0.3, -0.25) is 9.69 Å². The van der Waals surface area contributed by atoms with Crippen molar-refractivity contribution < 1.29 is 9.18 Å². The Bertz CT molecular complexity index is 616. The Labute approximate surface area is 123 Å². The van der Waals surface area contributed by atoms with Gasteiger partial charge in [0.05, 0.1) is 12.2 Å². The summed E-state index contributed by atoms with van der Waals surface area (Å²) in [5.74, 6) is -0.659. The molecular weight excluding hydrogens is 269 g/mol. The summed E-state index contributed by atoms with van der Waals surface area (Å²) in [5.41, 5.74) is 7.11. The Balaban J connectivity index is 1.87. The average molecular weight is 287 g/mol. The summed E-state index contributed by atoms with van der Waals surface area (Å²) in [6.07, 6.45) is 0. The van der Waals surface area contributed by atoms with Crippen molar-refractivity contribution in [1.82, 2.24) is 4.90 Å². The molecule has 0 bridgehead atoms. The van der Waals surface area contributed by atoms with Crippen molar-refractivity contribution in [3.63, 3.8) is 0 Å². The van der Waals surface area contributed by atoms with Crippen LogP contribution in [0.3, 0.4) is 0 Å². The van der Waals surface area contributed by atoms with Crippen molar-refractivity contribution in [3.8, 4) is 0 Å². The van der Waals surface area contributed by atoms with Gasteiger partial charge < -0.3 is 11.1 Å². The lowest BCUT2D eigenvalue weighted by Gasteiger charge is -2.16. The zero-order chi connectivity index (χ0) is 15.2. The number of benzene rings is 2. The molecule has 21 heavy (non-hydrogen) atoms. The van der Waals surface area contributed by atoms with Gasteiger partial charge in [-0.2, -0.15) is 0 Å². The summed E-state index contributed by atoms with van der Waals surface area (Å²) in [7, 11) is 1.87. The SMILES string of the molecule is CN(CC(=O)Nc1ccc(F)c(N)c1)Cc1ccccc1. The van der Waals surface area contributed by atoms with E-state index in [1.54, 1.807) is 0 Å². The third kappa shape index (κ3) is 4.57. The third-order valence-corrected chi connectivity index (χ3v) is 2.99. The van der Waals surface area contributed by atoms with E-state index in [4.69, 9.17) is 5.73 Å². The molecule has 3 N–H and O–H groups in total. The minimum Gasteiger partial charge on any atom is -0.396 e. The summed E-state index contributed by atoms with van der Waals surface area (Å²) in [6.45, 7) is 0.923. The summed E-state index contributed by atoms with van der Waals surface area (Å²) < 4.78 is 13.0. The molecule has 0 aliphatic carbocycles. The second kappa shape index (κ2) is 6.85. The first-order valence-electron chi connectivity index (χ1n) is 6.62. The van der Waals surface area contributed by atoms with Gasteiger partial charge in [0, 0.05) is 12.2 Å². The Kier molecular flexibility index (Phi) is 4.90. The molecule has 0 saturated heterocycles. The second-order valence-electron chi connectivity index (χ2n) is 4.94. The fourth-order valence-corrected chi connectivity index (χ4v) is 2.02. The topological polar surface area (TPSA) is 58.4 Å². The van der Waals surface area contributed by atoms with Gasteiger partial charge in [-0.05, 0) is 30.8 Å². The Hall–Kier alpha value is -2.40. The van der Waals surface area contributed by atoms with Crippen LogP contribution in [0.5, 0.6) is 0 Å². The van der Waals surface area contributed by atoms with Crippen LogP contribution in [-0.2, 0) is 11.3 Å². The first kappa shape index (κ1) is 15.0. The summed E-state index contributed by atoms with van der Waals surface area (Å²) >= 11 is 0. The van der Waals surface area contributed by atoms with Crippen LogP contribution in [0.25, 0.3) is 0 Å². The summed E-state index contributed by atoms with van der Waals surface area (Å²) in [4.78, 5) is 13.8. The molecular formula is C16H18FN3O. The van der Waals surface area contributed by atoms with Gasteiger partial charge in [-0.25, -0.2) is 4.39 Å². The number of nitrogens with zero attached hydrogens (tertiary/aromatic N) is 1. The van der Waals surface area contributed by atoms with Gasteiger partial charge in [0.25, 0.3) is 0 Å². The smallest absolute Gasteiger partial charge is 0.238 e. The monoisotopic (exact) mass is 287 g/mol. The molecule has 0 aliphatic rings. The molecule has 4 nitrogen and oxygen atoms in total. The lowest BCUT2D eigenvalue weighted by atomic mass is 10.2. The Morgan fingerprint density at radius 1 is 1.24 bits per heavy atom. The molecule has 0 radical (unpaired) electrons. The zero-order valence-electron chi connectivity index (χ0n) is 11.8. The van der Waals surface area contributed by atoms with Crippen LogP contribution in [0.15, 0.2) is 48.5 Å². The van der Waals surface area contributed by atoms with Crippen LogP contribution in [0.2, 0.25) is 0 Å². The highest BCUT2D eigenvalue weighted by Gasteiger charge is 2.08. The van der Waals surface area contributed by atoms with Gasteiger partial charge in [0.1, 0.15) is 5.82 Å². The van der Waals surface area contributed by atoms with Gasteiger partial charge in [-0.15, -0.1) is 0 Å². The molecule has 0 aliphatic heterocycles. The zero-order valence-corrected chi connectivity index (χ0v) is 11.8. The quantitative estimate of drug-likeness (QED) is 0.831. The number of carbonyl (C=O) groups excluding carboxylic acids is 1. The van der Waals surface area contributed by atoms with Crippen LogP contribution in [0, 0.1) is 5.82 Å². The fraction of sp³-hybridized carbons (Fsp3) is 0.188. The first-order chi connectivity index (χ1) is 10.0. The number of carbonyl (C=O) groups is 1. The van der Waals surface area contributed by atoms with Crippen LogP contribution in [0.1, 0.15) is 5.56 Å². The van der Waals surface area contributed by atoms with Gasteiger partial charge >= 0.3 is 0 Å². The molecule has 0 spiro atoms. The number of nitrogen functional groups attached to an aromatic ring is 1. The molecule has 0 aromatic heterocycles. The van der Waals surface area contributed by atoms with Crippen molar-refractivity contribution >= 4 is 17.3 Å². The lowest BCUT2D eigenvalue weighted by molar-refractivity contribution is -0.117. The number of halogens is 1. The van der Waals surface area contributed by atoms with Crippen LogP contribution in [0.4, 0.5) is 15.8 Å². The number of amides is 1. The number of hydrogen-bond acceptors (Lipinski definition) is 3. The molecule has 0 unspecified atom stereocenters. The van der Waals surface area contributed by atoms with E-state index >= 15 is 0 Å². The number of nitrogens with two attached hydrogens (primary N) is 1. The normalized spacial score (nSPS) is 10.6. The van der Waals surface area contributed by atoms with Crippen LogP contribution in [-0.4, -0.2) is 24.4 Å². The van der Waals surface area contributed by atoms with Crippen LogP contribution >= 0.6 is 0 Å². The summed E-state index contributed by atoms with van der Waals surface area (Å²) in [6, 6.07) is 14.0. The van der Waals surface area contributed by atoms with E-state index in [-0.39, 0.29) is 18.1 Å². The van der Waals surface area contributed by atoms with Gasteiger partial charge in [0.15, 0.2) is 0 Å². The van der Waals surface area contributed by atoms with Crippen molar-refractivity contribution in [2.24, 2.45) is 0 Å². The molecule has 0 fully saturated rings. The molecule has 0 heterocycles. The van der Waals surface area contributed by atoms with E-state index in [0.29, 0.717) is 12.2 Å². The average Bonchev–Trinajstić information content (AvgIpc) is 2.43. The molecule has 0 atom stereocenters. The van der Waals surface area contributed by atoms with Crippen molar-refractivity contribution in [1.29, 1.82) is 0 Å². The molecule has 1 amide bonds. The number of rotatable bonds is 5. The molecule has 110 valence electrons. The van der Waals surface area contributed by atoms with E-state index in [0.717, 1.165) is 5.56 Å². The van der Waals surface area contributed by atoms with E-state index in [9.17, 15) is 9.18 Å². The Morgan fingerprint density at radius 2 is 1.95 bits per heavy atom. The molecule has 2 rings (SSSR count). The van der Waals surface area contributed by atoms with E-state index in [1.165, 1.54) is 18.2 Å². The first-order valence-corrected chi connectivity index (χ1v) is 6.62. The van der Waals surface area contributed by atoms with Crippen molar-refractivity contribution in [3.05, 3.63) is 59.9 Å². The minimum absolute atomic E-state index is 0.0189. The van der Waals surface area contributed by atoms with E-state index in [2.05, 4.69) is 5.32 Å². The molecule has 5 heteroatoms. The van der Waals surface area contributed by atoms with Crippen LogP contribution < -0.4 is 11.1 Å². The minimum atomic E-state index is -0.491. The highest BCUT2D eigenvalue weighted by Crippen LogP contribution is 2.16. The van der Waals surface area contributed by atoms with Crippen molar-refractivity contribution in [2.45, 2.75) is 6.54 Å². The number of hydrogen-bond donors (Lipinski definition) is 2. The molecule has 2 aromatic carbocycles. The van der Waals surface area contributed by atoms with E-state index < -0.39 is 5.82 Å². The van der Waals surface area contributed by atoms with Gasteiger partial charge in [0.2, 0.25) is 5.91 Å². The largest absolute Gasteiger partial charge is 0.396 e. The number of anilines is 2. The van der Waals surface area contributed by atoms with Crippen molar-refractivity contribution in [2.75, 3.05) is 24.6 Å². The van der Waals surface area contributed by atoms with E-state index in [1.807, 2.05) is 42.3 Å². The standard InChI is InChI=1S/C16H18FN3O/c1-20(10-12-5-3-2-4-6-12)11-16(21)19-13-7-8-14(17)15(18)9-13/h2-9H,10-11,18H2,1H3,(H,19,21). The predicted octanol–water partition coefficient (Wildman–Crippen LogP) is 2.48. The Morgan fingerprint density at radius 3 is 2.62 bits per heavy atom. The fourth-order valence-electron chi connectivity index (χ4n) is 2.02. The maximum atomic E-state index is 13.0. The maximum absolute atomic E-state index is 13.0. The molecule has 2 aromatic rings. The second-order valence-corrected chi connectivity index (χ2v) is 4.94. The number of nitrogens with one attached hydrogen (secondary N) is 1. The van der Waals surface area contributed by atoms with Gasteiger partial charge in [-0.1, -0.05) is 30.3 Å². The number of likely N-dealkylation sites (N-methyl/N-ethyl adjacent to an activating group) is 1. The summed E-state index contributed by atoms with van der Waals surface area (Å²) in [5, 5.41) is 2.70. The lowest BCUT2D eigenvalue weighted by Crippen LogP contribution is -2.29. The highest BCUT2D eigenvalue weighted by molar-refractivity contribution is 5.92.